The minimum absolute atomic E-state index is 0.00616. The minimum Gasteiger partial charge on any atom is -0.222 e. The molecule has 0 heterocycles. The van der Waals surface area contributed by atoms with Crippen molar-refractivity contribution in [2.75, 3.05) is 0 Å². The predicted octanol–water partition coefficient (Wildman–Crippen LogP) is 0.612. The number of hydrogen-bond donors (Lipinski definition) is 1. The summed E-state index contributed by atoms with van der Waals surface area (Å²) in [4.78, 5) is 18.1. The quantitative estimate of drug-likeness (QED) is 0.589. The molecular formula is C8H6N2O4S. The maximum absolute atomic E-state index is 11.0. The molecule has 0 aliphatic carbocycles. The highest BCUT2D eigenvalue weighted by Crippen LogP contribution is 2.09. The van der Waals surface area contributed by atoms with Gasteiger partial charge in [0.1, 0.15) is 0 Å². The summed E-state index contributed by atoms with van der Waals surface area (Å²) < 4.78 is 24.7. The molecule has 0 aliphatic heterocycles. The first-order valence-electron chi connectivity index (χ1n) is 3.51. The number of benzene rings is 1. The lowest BCUT2D eigenvalue weighted by Crippen LogP contribution is -1.94. The Hall–Kier alpha value is -2.07. The third-order valence-electron chi connectivity index (χ3n) is 1.20. The summed E-state index contributed by atoms with van der Waals surface area (Å²) in [7, 11) is -3.81. The Kier molecular flexibility index (Phi) is 5.51. The highest BCUT2D eigenvalue weighted by Gasteiger charge is 2.10. The van der Waals surface area contributed by atoms with Gasteiger partial charge in [-0.2, -0.15) is 8.42 Å². The van der Waals surface area contributed by atoms with Crippen molar-refractivity contribution in [3.8, 4) is 0 Å². The molecule has 0 bridgehead atoms. The van der Waals surface area contributed by atoms with Crippen LogP contribution in [0, 0.1) is 5.41 Å². The zero-order valence-electron chi connectivity index (χ0n) is 7.38. The average Bonchev–Trinajstić information content (AvgIpc) is 2.20. The Labute approximate surface area is 85.8 Å². The molecule has 0 amide bonds. The van der Waals surface area contributed by atoms with Crippen LogP contribution in [0.2, 0.25) is 0 Å². The van der Waals surface area contributed by atoms with E-state index >= 15 is 0 Å². The number of nitrogens with one attached hydrogen (secondary N) is 1. The van der Waals surface area contributed by atoms with Crippen molar-refractivity contribution >= 4 is 22.2 Å². The van der Waals surface area contributed by atoms with E-state index in [2.05, 4.69) is 4.40 Å². The molecule has 0 saturated heterocycles. The smallest absolute Gasteiger partial charge is 0.222 e. The lowest BCUT2D eigenvalue weighted by Gasteiger charge is -1.92. The van der Waals surface area contributed by atoms with E-state index in [-0.39, 0.29) is 4.90 Å². The molecule has 0 atom stereocenters. The fraction of sp³-hybridized carbons (Fsp3) is 0. The maximum Gasteiger partial charge on any atom is 0.292 e. The summed E-state index contributed by atoms with van der Waals surface area (Å²) in [5.41, 5.74) is 0. The molecule has 0 fully saturated rings. The van der Waals surface area contributed by atoms with Gasteiger partial charge in [-0.25, -0.2) is 15.0 Å². The summed E-state index contributed by atoms with van der Waals surface area (Å²) in [5, 5.41) is 5.40. The number of sulfonamides is 1. The SMILES string of the molecule is N=C=O.O=C=NS(=O)(=O)c1ccccc1. The Balaban J connectivity index is 0.000000583. The van der Waals surface area contributed by atoms with Crippen LogP contribution in [-0.4, -0.2) is 20.6 Å². The van der Waals surface area contributed by atoms with Crippen LogP contribution < -0.4 is 0 Å². The third kappa shape index (κ3) is 4.64. The Morgan fingerprint density at radius 1 is 1.13 bits per heavy atom. The summed E-state index contributed by atoms with van der Waals surface area (Å²) in [6.07, 6.45) is 1.74. The van der Waals surface area contributed by atoms with Gasteiger partial charge in [-0.1, -0.05) is 22.6 Å². The van der Waals surface area contributed by atoms with Crippen molar-refractivity contribution in [1.82, 2.24) is 0 Å². The highest BCUT2D eigenvalue weighted by molar-refractivity contribution is 7.90. The highest BCUT2D eigenvalue weighted by atomic mass is 32.2. The first-order chi connectivity index (χ1) is 7.08. The van der Waals surface area contributed by atoms with Gasteiger partial charge in [0.05, 0.1) is 4.90 Å². The maximum atomic E-state index is 11.0. The summed E-state index contributed by atoms with van der Waals surface area (Å²) in [5.74, 6) is 0. The van der Waals surface area contributed by atoms with Gasteiger partial charge < -0.3 is 0 Å². The van der Waals surface area contributed by atoms with E-state index in [1.165, 1.54) is 12.1 Å². The van der Waals surface area contributed by atoms with E-state index in [4.69, 9.17) is 10.2 Å². The molecule has 0 saturated carbocycles. The van der Waals surface area contributed by atoms with Crippen LogP contribution in [0.15, 0.2) is 39.6 Å². The summed E-state index contributed by atoms with van der Waals surface area (Å²) in [6, 6.07) is 7.48. The number of nitrogens with zero attached hydrogens (tertiary/aromatic N) is 1. The molecule has 1 N–H and O–H groups in total. The van der Waals surface area contributed by atoms with Gasteiger partial charge in [0.25, 0.3) is 16.1 Å². The van der Waals surface area contributed by atoms with Crippen molar-refractivity contribution in [1.29, 1.82) is 5.41 Å². The molecule has 15 heavy (non-hydrogen) atoms. The van der Waals surface area contributed by atoms with Crippen molar-refractivity contribution in [2.45, 2.75) is 4.90 Å². The van der Waals surface area contributed by atoms with E-state index in [0.717, 1.165) is 12.2 Å². The van der Waals surface area contributed by atoms with Gasteiger partial charge in [0.15, 0.2) is 0 Å². The van der Waals surface area contributed by atoms with Crippen molar-refractivity contribution in [3.63, 3.8) is 0 Å². The lowest BCUT2D eigenvalue weighted by atomic mass is 10.4. The second-order valence-electron chi connectivity index (χ2n) is 2.07. The molecule has 0 spiro atoms. The molecule has 0 aromatic heterocycles. The largest absolute Gasteiger partial charge is 0.292 e. The first kappa shape index (κ1) is 12.9. The molecule has 0 unspecified atom stereocenters. The van der Waals surface area contributed by atoms with Gasteiger partial charge in [-0.3, -0.25) is 0 Å². The molecule has 0 radical (unpaired) electrons. The number of carbonyl (C=O) groups excluding carboxylic acids is 2. The molecule has 7 heteroatoms. The Morgan fingerprint density at radius 3 is 2.00 bits per heavy atom. The van der Waals surface area contributed by atoms with Gasteiger partial charge in [0.2, 0.25) is 6.08 Å². The van der Waals surface area contributed by atoms with Crippen molar-refractivity contribution in [2.24, 2.45) is 4.40 Å². The van der Waals surface area contributed by atoms with Crippen LogP contribution in [0.3, 0.4) is 0 Å². The molecule has 1 rings (SSSR count). The summed E-state index contributed by atoms with van der Waals surface area (Å²) in [6.45, 7) is 0. The van der Waals surface area contributed by atoms with Crippen LogP contribution >= 0.6 is 0 Å². The summed E-state index contributed by atoms with van der Waals surface area (Å²) >= 11 is 0. The number of hydrogen-bond acceptors (Lipinski definition) is 5. The van der Waals surface area contributed by atoms with Crippen molar-refractivity contribution in [3.05, 3.63) is 30.3 Å². The lowest BCUT2D eigenvalue weighted by molar-refractivity contribution is 0.562. The third-order valence-corrected chi connectivity index (χ3v) is 2.38. The van der Waals surface area contributed by atoms with E-state index < -0.39 is 10.0 Å². The van der Waals surface area contributed by atoms with E-state index in [9.17, 15) is 13.2 Å². The van der Waals surface area contributed by atoms with E-state index in [1.807, 2.05) is 0 Å². The van der Waals surface area contributed by atoms with E-state index in [0.29, 0.717) is 0 Å². The van der Waals surface area contributed by atoms with Crippen LogP contribution in [0.4, 0.5) is 0 Å². The standard InChI is InChI=1S/C7H5NO3S.CHNO/c9-6-8-12(10,11)7-4-2-1-3-5-7;2-1-3/h1-5H;2H. The number of isocyanates is 2. The van der Waals surface area contributed by atoms with Crippen molar-refractivity contribution < 1.29 is 18.0 Å². The normalized spacial score (nSPS) is 8.80. The molecule has 78 valence electrons. The molecule has 1 aromatic carbocycles. The van der Waals surface area contributed by atoms with Gasteiger partial charge in [0, 0.05) is 0 Å². The zero-order valence-corrected chi connectivity index (χ0v) is 8.19. The van der Waals surface area contributed by atoms with Gasteiger partial charge >= 0.3 is 0 Å². The second kappa shape index (κ2) is 6.39. The molecular weight excluding hydrogens is 220 g/mol. The van der Waals surface area contributed by atoms with Crippen LogP contribution in [0.5, 0.6) is 0 Å². The molecule has 0 aliphatic rings. The molecule has 6 nitrogen and oxygen atoms in total. The average molecular weight is 226 g/mol. The zero-order chi connectivity index (χ0) is 11.7. The Bertz CT molecular complexity index is 483. The first-order valence-corrected chi connectivity index (χ1v) is 4.95. The fourth-order valence-electron chi connectivity index (χ4n) is 0.694. The monoisotopic (exact) mass is 226 g/mol. The minimum atomic E-state index is -3.81. The van der Waals surface area contributed by atoms with Crippen LogP contribution in [-0.2, 0) is 19.6 Å². The van der Waals surface area contributed by atoms with Gasteiger partial charge in [-0.15, -0.1) is 0 Å². The van der Waals surface area contributed by atoms with Gasteiger partial charge in [-0.05, 0) is 12.1 Å². The van der Waals surface area contributed by atoms with E-state index in [1.54, 1.807) is 18.2 Å². The fourth-order valence-corrected chi connectivity index (χ4v) is 1.40. The molecule has 1 aromatic rings. The van der Waals surface area contributed by atoms with Crippen LogP contribution in [0.25, 0.3) is 0 Å². The number of rotatable bonds is 2. The topological polar surface area (TPSA) is 104 Å². The van der Waals surface area contributed by atoms with Crippen LogP contribution in [0.1, 0.15) is 0 Å². The Morgan fingerprint density at radius 2 is 1.60 bits per heavy atom. The predicted molar refractivity (Wildman–Crippen MR) is 50.2 cm³/mol. The second-order valence-corrected chi connectivity index (χ2v) is 3.68.